The highest BCUT2D eigenvalue weighted by atomic mass is 35.5. The molecule has 2 aromatic heterocycles. The minimum absolute atomic E-state index is 0.158. The summed E-state index contributed by atoms with van der Waals surface area (Å²) in [6.45, 7) is 3.06. The maximum atomic E-state index is 12.8. The predicted molar refractivity (Wildman–Crippen MR) is 130 cm³/mol. The number of halogens is 1. The first-order valence-electron chi connectivity index (χ1n) is 10.6. The first-order chi connectivity index (χ1) is 16.1. The number of aromatic nitrogens is 4. The van der Waals surface area contributed by atoms with Crippen molar-refractivity contribution < 1.29 is 4.79 Å². The average molecular weight is 456 g/mol. The number of hydrogen-bond acceptors (Lipinski definition) is 3. The number of benzene rings is 3. The lowest BCUT2D eigenvalue weighted by Gasteiger charge is -2.08. The molecule has 0 spiro atoms. The van der Waals surface area contributed by atoms with Gasteiger partial charge in [-0.25, -0.2) is 9.67 Å². The van der Waals surface area contributed by atoms with E-state index in [4.69, 9.17) is 11.6 Å². The molecule has 0 saturated carbocycles. The van der Waals surface area contributed by atoms with E-state index < -0.39 is 0 Å². The molecule has 0 aliphatic rings. The van der Waals surface area contributed by atoms with Crippen molar-refractivity contribution in [1.29, 1.82) is 0 Å². The zero-order chi connectivity index (χ0) is 22.8. The topological polar surface area (TPSA) is 64.7 Å². The molecule has 6 nitrogen and oxygen atoms in total. The highest BCUT2D eigenvalue weighted by Crippen LogP contribution is 2.18. The van der Waals surface area contributed by atoms with E-state index in [1.165, 1.54) is 5.56 Å². The van der Waals surface area contributed by atoms with Crippen LogP contribution in [0.5, 0.6) is 0 Å². The first-order valence-corrected chi connectivity index (χ1v) is 11.0. The van der Waals surface area contributed by atoms with Gasteiger partial charge >= 0.3 is 0 Å². The van der Waals surface area contributed by atoms with Crippen molar-refractivity contribution in [3.8, 4) is 5.69 Å². The van der Waals surface area contributed by atoms with Gasteiger partial charge in [0.05, 0.1) is 40.5 Å². The molecule has 0 unspecified atom stereocenters. The molecule has 33 heavy (non-hydrogen) atoms. The lowest BCUT2D eigenvalue weighted by Crippen LogP contribution is -2.23. The lowest BCUT2D eigenvalue weighted by molar-refractivity contribution is 0.0950. The number of fused-ring (bicyclic) bond motifs is 1. The fourth-order valence-corrected chi connectivity index (χ4v) is 4.06. The molecule has 0 fully saturated rings. The first kappa shape index (κ1) is 21.0. The summed E-state index contributed by atoms with van der Waals surface area (Å²) in [6, 6.07) is 23.7. The molecule has 0 saturated heterocycles. The molecule has 0 atom stereocenters. The monoisotopic (exact) mass is 455 g/mol. The average Bonchev–Trinajstić information content (AvgIpc) is 3.42. The van der Waals surface area contributed by atoms with Gasteiger partial charge in [0.25, 0.3) is 5.91 Å². The van der Waals surface area contributed by atoms with Gasteiger partial charge in [-0.1, -0.05) is 54.1 Å². The van der Waals surface area contributed by atoms with E-state index >= 15 is 0 Å². The van der Waals surface area contributed by atoms with Crippen molar-refractivity contribution in [2.45, 2.75) is 20.0 Å². The summed E-state index contributed by atoms with van der Waals surface area (Å²) < 4.78 is 3.85. The van der Waals surface area contributed by atoms with Crippen LogP contribution in [0.2, 0.25) is 5.02 Å². The van der Waals surface area contributed by atoms with Gasteiger partial charge in [-0.15, -0.1) is 0 Å². The quantitative estimate of drug-likeness (QED) is 0.384. The Morgan fingerprint density at radius 1 is 1.00 bits per heavy atom. The number of hydrogen-bond donors (Lipinski definition) is 1. The molecule has 164 valence electrons. The number of rotatable bonds is 6. The van der Waals surface area contributed by atoms with Crippen molar-refractivity contribution >= 4 is 28.5 Å². The summed E-state index contributed by atoms with van der Waals surface area (Å²) in [5.41, 5.74) is 6.43. The smallest absolute Gasteiger partial charge is 0.255 e. The van der Waals surface area contributed by atoms with Gasteiger partial charge in [0.1, 0.15) is 0 Å². The minimum Gasteiger partial charge on any atom is -0.348 e. The van der Waals surface area contributed by atoms with Crippen molar-refractivity contribution in [3.63, 3.8) is 0 Å². The van der Waals surface area contributed by atoms with E-state index in [-0.39, 0.29) is 5.91 Å². The van der Waals surface area contributed by atoms with Crippen LogP contribution in [0.4, 0.5) is 0 Å². The molecule has 5 aromatic rings. The SMILES string of the molecule is Cc1c(C(=O)NCc2ccc(Cn3cnc4ccccc43)cc2)cnn1-c1cccc(Cl)c1. The minimum atomic E-state index is -0.158. The molecule has 0 aliphatic heterocycles. The van der Waals surface area contributed by atoms with Crippen molar-refractivity contribution in [2.75, 3.05) is 0 Å². The maximum absolute atomic E-state index is 12.8. The zero-order valence-corrected chi connectivity index (χ0v) is 18.8. The van der Waals surface area contributed by atoms with Gasteiger partial charge in [0, 0.05) is 18.1 Å². The summed E-state index contributed by atoms with van der Waals surface area (Å²) in [5, 5.41) is 7.97. The second-order valence-corrected chi connectivity index (χ2v) is 8.33. The summed E-state index contributed by atoms with van der Waals surface area (Å²) in [5.74, 6) is -0.158. The Hall–Kier alpha value is -3.90. The van der Waals surface area contributed by atoms with E-state index in [0.29, 0.717) is 17.1 Å². The highest BCUT2D eigenvalue weighted by molar-refractivity contribution is 6.30. The number of nitrogens with one attached hydrogen (secondary N) is 1. The standard InChI is InChI=1S/C26H22ClN5O/c1-18-23(15-30-32(18)22-6-4-5-21(27)13-22)26(33)28-14-19-9-11-20(12-10-19)16-31-17-29-24-7-2-3-8-25(24)31/h2-13,15,17H,14,16H2,1H3,(H,28,33). The third-order valence-electron chi connectivity index (χ3n) is 5.66. The Balaban J connectivity index is 1.23. The number of imidazole rings is 1. The molecular formula is C26H22ClN5O. The molecule has 0 bridgehead atoms. The normalized spacial score (nSPS) is 11.1. The van der Waals surface area contributed by atoms with Gasteiger partial charge < -0.3 is 9.88 Å². The van der Waals surface area contributed by atoms with Gasteiger partial charge in [-0.3, -0.25) is 4.79 Å². The third kappa shape index (κ3) is 4.38. The third-order valence-corrected chi connectivity index (χ3v) is 5.90. The van der Waals surface area contributed by atoms with Crippen LogP contribution in [0.25, 0.3) is 16.7 Å². The summed E-state index contributed by atoms with van der Waals surface area (Å²) >= 11 is 6.09. The number of nitrogens with zero attached hydrogens (tertiary/aromatic N) is 4. The van der Waals surface area contributed by atoms with E-state index in [2.05, 4.69) is 38.2 Å². The second-order valence-electron chi connectivity index (χ2n) is 7.90. The summed E-state index contributed by atoms with van der Waals surface area (Å²) in [6.07, 6.45) is 3.45. The van der Waals surface area contributed by atoms with Crippen LogP contribution in [-0.4, -0.2) is 25.2 Å². The second kappa shape index (κ2) is 8.92. The molecule has 5 rings (SSSR count). The molecule has 2 heterocycles. The molecule has 0 radical (unpaired) electrons. The van der Waals surface area contributed by atoms with Gasteiger partial charge in [-0.05, 0) is 48.4 Å². The molecule has 0 aliphatic carbocycles. The molecule has 1 N–H and O–H groups in total. The van der Waals surface area contributed by atoms with Gasteiger partial charge in [0.2, 0.25) is 0 Å². The Kier molecular flexibility index (Phi) is 5.67. The zero-order valence-electron chi connectivity index (χ0n) is 18.1. The van der Waals surface area contributed by atoms with Crippen LogP contribution >= 0.6 is 11.6 Å². The van der Waals surface area contributed by atoms with Gasteiger partial charge in [-0.2, -0.15) is 5.10 Å². The van der Waals surface area contributed by atoms with Crippen molar-refractivity contribution in [1.82, 2.24) is 24.6 Å². The number of carbonyl (C=O) groups is 1. The van der Waals surface area contributed by atoms with Crippen LogP contribution in [0, 0.1) is 6.92 Å². The lowest BCUT2D eigenvalue weighted by atomic mass is 10.1. The van der Waals surface area contributed by atoms with Crippen LogP contribution in [0.3, 0.4) is 0 Å². The summed E-state index contributed by atoms with van der Waals surface area (Å²) in [4.78, 5) is 17.2. The van der Waals surface area contributed by atoms with Crippen LogP contribution in [0.1, 0.15) is 27.2 Å². The Labute approximate surface area is 196 Å². The molecular weight excluding hydrogens is 434 g/mol. The van der Waals surface area contributed by atoms with Crippen molar-refractivity contribution in [2.24, 2.45) is 0 Å². The van der Waals surface area contributed by atoms with E-state index in [0.717, 1.165) is 34.5 Å². The molecule has 3 aromatic carbocycles. The number of para-hydroxylation sites is 2. The fourth-order valence-electron chi connectivity index (χ4n) is 3.87. The molecule has 1 amide bonds. The number of amides is 1. The van der Waals surface area contributed by atoms with Crippen molar-refractivity contribution in [3.05, 3.63) is 113 Å². The van der Waals surface area contributed by atoms with E-state index in [9.17, 15) is 4.79 Å². The van der Waals surface area contributed by atoms with Crippen LogP contribution < -0.4 is 5.32 Å². The van der Waals surface area contributed by atoms with Crippen LogP contribution in [0.15, 0.2) is 85.3 Å². The highest BCUT2D eigenvalue weighted by Gasteiger charge is 2.15. The largest absolute Gasteiger partial charge is 0.348 e. The Morgan fingerprint density at radius 3 is 2.61 bits per heavy atom. The number of carbonyl (C=O) groups excluding carboxylic acids is 1. The van der Waals surface area contributed by atoms with E-state index in [1.807, 2.05) is 61.8 Å². The fraction of sp³-hybridized carbons (Fsp3) is 0.115. The molecule has 7 heteroatoms. The van der Waals surface area contributed by atoms with Gasteiger partial charge in [0.15, 0.2) is 0 Å². The Morgan fingerprint density at radius 2 is 1.79 bits per heavy atom. The Bertz CT molecular complexity index is 1430. The summed E-state index contributed by atoms with van der Waals surface area (Å²) in [7, 11) is 0. The van der Waals surface area contributed by atoms with E-state index in [1.54, 1.807) is 16.9 Å². The van der Waals surface area contributed by atoms with Crippen LogP contribution in [-0.2, 0) is 13.1 Å². The predicted octanol–water partition coefficient (Wildman–Crippen LogP) is 5.16. The maximum Gasteiger partial charge on any atom is 0.255 e.